The van der Waals surface area contributed by atoms with Gasteiger partial charge in [-0.05, 0) is 55.7 Å². The van der Waals surface area contributed by atoms with E-state index in [0.717, 1.165) is 34.1 Å². The van der Waals surface area contributed by atoms with Crippen molar-refractivity contribution in [1.29, 1.82) is 0 Å². The third-order valence-corrected chi connectivity index (χ3v) is 6.11. The lowest BCUT2D eigenvalue weighted by molar-refractivity contribution is -0.121. The monoisotopic (exact) mass is 446 g/mol. The molecule has 0 radical (unpaired) electrons. The minimum absolute atomic E-state index is 0.00312. The molecule has 4 aromatic rings. The summed E-state index contributed by atoms with van der Waals surface area (Å²) in [6.07, 6.45) is 2.84. The van der Waals surface area contributed by atoms with E-state index >= 15 is 0 Å². The molecule has 32 heavy (non-hydrogen) atoms. The number of rotatable bonds is 9. The van der Waals surface area contributed by atoms with Crippen molar-refractivity contribution in [3.63, 3.8) is 0 Å². The Morgan fingerprint density at radius 3 is 2.69 bits per heavy atom. The van der Waals surface area contributed by atoms with Gasteiger partial charge in [-0.3, -0.25) is 9.36 Å². The molecular weight excluding hydrogens is 420 g/mol. The molecule has 1 unspecified atom stereocenters. The van der Waals surface area contributed by atoms with Gasteiger partial charge in [0.25, 0.3) is 0 Å². The summed E-state index contributed by atoms with van der Waals surface area (Å²) in [5.74, 6) is 2.14. The van der Waals surface area contributed by atoms with Crippen molar-refractivity contribution < 1.29 is 9.21 Å². The molecular formula is C25H26N4O2S. The predicted octanol–water partition coefficient (Wildman–Crippen LogP) is 5.59. The number of thioether (sulfide) groups is 1. The van der Waals surface area contributed by atoms with Crippen LogP contribution >= 0.6 is 11.8 Å². The van der Waals surface area contributed by atoms with Gasteiger partial charge in [-0.1, -0.05) is 54.2 Å². The van der Waals surface area contributed by atoms with E-state index < -0.39 is 0 Å². The molecule has 0 aliphatic heterocycles. The normalized spacial score (nSPS) is 11.9. The first-order valence-corrected chi connectivity index (χ1v) is 11.6. The van der Waals surface area contributed by atoms with Crippen molar-refractivity contribution in [3.05, 3.63) is 84.1 Å². The van der Waals surface area contributed by atoms with Gasteiger partial charge in [-0.25, -0.2) is 0 Å². The minimum atomic E-state index is -0.00312. The molecule has 2 heterocycles. The summed E-state index contributed by atoms with van der Waals surface area (Å²) in [7, 11) is 0. The predicted molar refractivity (Wildman–Crippen MR) is 127 cm³/mol. The van der Waals surface area contributed by atoms with Gasteiger partial charge in [0.2, 0.25) is 11.7 Å². The molecule has 0 aliphatic carbocycles. The lowest BCUT2D eigenvalue weighted by atomic mass is 10.1. The van der Waals surface area contributed by atoms with Gasteiger partial charge in [0.1, 0.15) is 0 Å². The Hall–Kier alpha value is -3.32. The number of aromatic nitrogens is 3. The number of hydrogen-bond acceptors (Lipinski definition) is 5. The number of carbonyl (C=O) groups excluding carboxylic acids is 1. The molecule has 1 amide bonds. The lowest BCUT2D eigenvalue weighted by Crippen LogP contribution is -2.26. The van der Waals surface area contributed by atoms with Crippen molar-refractivity contribution in [2.75, 3.05) is 5.75 Å². The van der Waals surface area contributed by atoms with E-state index in [2.05, 4.69) is 34.6 Å². The first kappa shape index (κ1) is 21.9. The molecule has 2 aromatic heterocycles. The van der Waals surface area contributed by atoms with Gasteiger partial charge >= 0.3 is 0 Å². The summed E-state index contributed by atoms with van der Waals surface area (Å²) in [5, 5.41) is 12.6. The van der Waals surface area contributed by atoms with Crippen LogP contribution in [0.2, 0.25) is 0 Å². The maximum Gasteiger partial charge on any atom is 0.220 e. The Balaban J connectivity index is 1.39. The van der Waals surface area contributed by atoms with Gasteiger partial charge in [0, 0.05) is 12.2 Å². The van der Waals surface area contributed by atoms with Crippen molar-refractivity contribution in [1.82, 2.24) is 20.1 Å². The van der Waals surface area contributed by atoms with Crippen LogP contribution in [0, 0.1) is 6.92 Å². The Bertz CT molecular complexity index is 1160. The highest BCUT2D eigenvalue weighted by Crippen LogP contribution is 2.29. The van der Waals surface area contributed by atoms with Crippen LogP contribution in [0.4, 0.5) is 0 Å². The summed E-state index contributed by atoms with van der Waals surface area (Å²) in [6.45, 7) is 4.06. The highest BCUT2D eigenvalue weighted by molar-refractivity contribution is 7.99. The minimum Gasteiger partial charge on any atom is -0.461 e. The molecule has 0 saturated heterocycles. The Morgan fingerprint density at radius 2 is 1.94 bits per heavy atom. The second-order valence-electron chi connectivity index (χ2n) is 7.61. The zero-order valence-electron chi connectivity index (χ0n) is 18.2. The summed E-state index contributed by atoms with van der Waals surface area (Å²) in [5.41, 5.74) is 3.24. The van der Waals surface area contributed by atoms with Crippen LogP contribution < -0.4 is 5.32 Å². The molecule has 1 N–H and O–H groups in total. The number of amides is 1. The average molecular weight is 447 g/mol. The zero-order valence-corrected chi connectivity index (χ0v) is 19.0. The Labute approximate surface area is 192 Å². The number of benzene rings is 2. The van der Waals surface area contributed by atoms with Crippen molar-refractivity contribution in [3.8, 4) is 17.3 Å². The molecule has 4 rings (SSSR count). The molecule has 6 nitrogen and oxygen atoms in total. The Morgan fingerprint density at radius 1 is 1.09 bits per heavy atom. The number of hydrogen-bond donors (Lipinski definition) is 1. The van der Waals surface area contributed by atoms with Crippen LogP contribution in [-0.2, 0) is 4.79 Å². The van der Waals surface area contributed by atoms with Gasteiger partial charge in [0.05, 0.1) is 18.0 Å². The average Bonchev–Trinajstić information content (AvgIpc) is 3.47. The molecule has 0 aliphatic rings. The SMILES string of the molecule is Cc1cccc(-n2c(SCCCC(=O)NC(C)c3ccccc3)nnc2-c2ccco2)c1. The summed E-state index contributed by atoms with van der Waals surface area (Å²) in [6, 6.07) is 21.9. The van der Waals surface area contributed by atoms with Crippen LogP contribution in [0.1, 0.15) is 36.9 Å². The quantitative estimate of drug-likeness (QED) is 0.268. The molecule has 0 spiro atoms. The standard InChI is InChI=1S/C25H26N4O2S/c1-18-9-6-12-21(17-18)29-24(22-13-7-15-31-22)27-28-25(29)32-16-8-14-23(30)26-19(2)20-10-4-3-5-11-20/h3-7,9-13,15,17,19H,8,14,16H2,1-2H3,(H,26,30). The van der Waals surface area contributed by atoms with Gasteiger partial charge < -0.3 is 9.73 Å². The van der Waals surface area contributed by atoms with E-state index in [1.807, 2.05) is 66.1 Å². The fraction of sp³-hybridized carbons (Fsp3) is 0.240. The number of aryl methyl sites for hydroxylation is 1. The fourth-order valence-corrected chi connectivity index (χ4v) is 4.35. The van der Waals surface area contributed by atoms with E-state index in [4.69, 9.17) is 4.42 Å². The van der Waals surface area contributed by atoms with Gasteiger partial charge in [0.15, 0.2) is 10.9 Å². The van der Waals surface area contributed by atoms with Gasteiger partial charge in [-0.15, -0.1) is 10.2 Å². The van der Waals surface area contributed by atoms with Crippen molar-refractivity contribution in [2.24, 2.45) is 0 Å². The maximum absolute atomic E-state index is 12.4. The van der Waals surface area contributed by atoms with E-state index in [0.29, 0.717) is 18.0 Å². The second kappa shape index (κ2) is 10.3. The molecule has 7 heteroatoms. The van der Waals surface area contributed by atoms with E-state index in [-0.39, 0.29) is 11.9 Å². The maximum atomic E-state index is 12.4. The van der Waals surface area contributed by atoms with E-state index in [1.165, 1.54) is 0 Å². The summed E-state index contributed by atoms with van der Waals surface area (Å²) < 4.78 is 7.58. The highest BCUT2D eigenvalue weighted by atomic mass is 32.2. The van der Waals surface area contributed by atoms with Crippen LogP contribution in [0.15, 0.2) is 82.6 Å². The lowest BCUT2D eigenvalue weighted by Gasteiger charge is -2.14. The van der Waals surface area contributed by atoms with Crippen molar-refractivity contribution in [2.45, 2.75) is 37.9 Å². The first-order chi connectivity index (χ1) is 15.6. The molecule has 164 valence electrons. The van der Waals surface area contributed by atoms with E-state index in [1.54, 1.807) is 18.0 Å². The van der Waals surface area contributed by atoms with Crippen LogP contribution in [0.5, 0.6) is 0 Å². The number of nitrogens with one attached hydrogen (secondary N) is 1. The topological polar surface area (TPSA) is 73.0 Å². The second-order valence-corrected chi connectivity index (χ2v) is 8.67. The molecule has 2 aromatic carbocycles. The third-order valence-electron chi connectivity index (χ3n) is 5.09. The number of nitrogens with zero attached hydrogens (tertiary/aromatic N) is 3. The smallest absolute Gasteiger partial charge is 0.220 e. The number of furan rings is 1. The zero-order chi connectivity index (χ0) is 22.3. The summed E-state index contributed by atoms with van der Waals surface area (Å²) in [4.78, 5) is 12.4. The van der Waals surface area contributed by atoms with Crippen LogP contribution in [0.3, 0.4) is 0 Å². The molecule has 0 saturated carbocycles. The van der Waals surface area contributed by atoms with Crippen molar-refractivity contribution >= 4 is 17.7 Å². The molecule has 0 bridgehead atoms. The number of carbonyl (C=O) groups is 1. The Kier molecular flexibility index (Phi) is 7.07. The van der Waals surface area contributed by atoms with E-state index in [9.17, 15) is 4.79 Å². The molecule has 1 atom stereocenters. The van der Waals surface area contributed by atoms with Crippen LogP contribution in [0.25, 0.3) is 17.3 Å². The first-order valence-electron chi connectivity index (χ1n) is 10.7. The summed E-state index contributed by atoms with van der Waals surface area (Å²) >= 11 is 1.59. The third kappa shape index (κ3) is 5.29. The van der Waals surface area contributed by atoms with Crippen LogP contribution in [-0.4, -0.2) is 26.4 Å². The largest absolute Gasteiger partial charge is 0.461 e. The van der Waals surface area contributed by atoms with Gasteiger partial charge in [-0.2, -0.15) is 0 Å². The highest BCUT2D eigenvalue weighted by Gasteiger charge is 2.18. The molecule has 0 fully saturated rings. The fourth-order valence-electron chi connectivity index (χ4n) is 3.46.